The molecule has 0 saturated heterocycles. The molecule has 0 aliphatic rings. The van der Waals surface area contributed by atoms with E-state index < -0.39 is 5.82 Å². The fourth-order valence-corrected chi connectivity index (χ4v) is 1.64. The van der Waals surface area contributed by atoms with E-state index in [1.54, 1.807) is 6.07 Å². The number of nitrogens with two attached hydrogens (primary N) is 1. The van der Waals surface area contributed by atoms with Crippen molar-refractivity contribution < 1.29 is 13.6 Å². The Kier molecular flexibility index (Phi) is 3.32. The molecular weight excluding hydrogens is 235 g/mol. The van der Waals surface area contributed by atoms with Crippen molar-refractivity contribution >= 4 is 17.3 Å². The summed E-state index contributed by atoms with van der Waals surface area (Å²) in [6.07, 6.45) is 2.09. The topological polar surface area (TPSA) is 68.3 Å². The number of hydrogen-bond donors (Lipinski definition) is 2. The van der Waals surface area contributed by atoms with Crippen molar-refractivity contribution in [2.24, 2.45) is 0 Å². The van der Waals surface area contributed by atoms with E-state index in [0.29, 0.717) is 23.4 Å². The lowest BCUT2D eigenvalue weighted by Crippen LogP contribution is -2.13. The van der Waals surface area contributed by atoms with Crippen molar-refractivity contribution in [3.05, 3.63) is 47.7 Å². The molecule has 1 heterocycles. The van der Waals surface area contributed by atoms with Gasteiger partial charge in [0.05, 0.1) is 17.5 Å². The highest BCUT2D eigenvalue weighted by Crippen LogP contribution is 2.18. The second kappa shape index (κ2) is 4.91. The minimum absolute atomic E-state index is 0.00397. The summed E-state index contributed by atoms with van der Waals surface area (Å²) >= 11 is 0. The number of aryl methyl sites for hydroxylation is 1. The third-order valence-corrected chi connectivity index (χ3v) is 2.57. The van der Waals surface area contributed by atoms with Crippen LogP contribution in [0.25, 0.3) is 0 Å². The van der Waals surface area contributed by atoms with Gasteiger partial charge in [0.15, 0.2) is 0 Å². The monoisotopic (exact) mass is 248 g/mol. The largest absolute Gasteiger partial charge is 0.469 e. The van der Waals surface area contributed by atoms with Crippen molar-refractivity contribution in [3.8, 4) is 0 Å². The van der Waals surface area contributed by atoms with Crippen LogP contribution < -0.4 is 11.1 Å². The zero-order valence-corrected chi connectivity index (χ0v) is 9.87. The molecule has 0 unspecified atom stereocenters. The van der Waals surface area contributed by atoms with Gasteiger partial charge in [0.1, 0.15) is 11.6 Å². The molecule has 2 aromatic rings. The Morgan fingerprint density at radius 3 is 2.89 bits per heavy atom. The Morgan fingerprint density at radius 1 is 1.44 bits per heavy atom. The molecule has 0 saturated carbocycles. The second-order valence-corrected chi connectivity index (χ2v) is 3.80. The molecule has 94 valence electrons. The molecule has 3 N–H and O–H groups in total. The van der Waals surface area contributed by atoms with Crippen LogP contribution in [0.4, 0.5) is 15.8 Å². The molecule has 1 amide bonds. The minimum atomic E-state index is -0.509. The third-order valence-electron chi connectivity index (χ3n) is 2.57. The predicted molar refractivity (Wildman–Crippen MR) is 66.9 cm³/mol. The van der Waals surface area contributed by atoms with Gasteiger partial charge < -0.3 is 15.5 Å². The maximum atomic E-state index is 13.0. The molecular formula is C13H13FN2O2. The first-order valence-electron chi connectivity index (χ1n) is 5.54. The number of amides is 1. The number of hydrogen-bond acceptors (Lipinski definition) is 3. The molecule has 0 radical (unpaired) electrons. The zero-order valence-electron chi connectivity index (χ0n) is 9.87. The van der Waals surface area contributed by atoms with E-state index in [-0.39, 0.29) is 11.6 Å². The number of nitrogen functional groups attached to an aromatic ring is 1. The van der Waals surface area contributed by atoms with Crippen LogP contribution in [0, 0.1) is 5.82 Å². The number of furan rings is 1. The molecule has 1 aromatic carbocycles. The molecule has 5 heteroatoms. The Hall–Kier alpha value is -2.30. The molecule has 2 rings (SSSR count). The number of halogens is 1. The molecule has 0 atom stereocenters. The van der Waals surface area contributed by atoms with E-state index in [9.17, 15) is 9.18 Å². The van der Waals surface area contributed by atoms with Crippen molar-refractivity contribution in [3.63, 3.8) is 0 Å². The number of carbonyl (C=O) groups is 1. The van der Waals surface area contributed by atoms with Crippen LogP contribution in [0.3, 0.4) is 0 Å². The highest BCUT2D eigenvalue weighted by molar-refractivity contribution is 6.05. The van der Waals surface area contributed by atoms with Gasteiger partial charge in [-0.25, -0.2) is 4.39 Å². The average molecular weight is 248 g/mol. The number of carbonyl (C=O) groups excluding carboxylic acids is 1. The van der Waals surface area contributed by atoms with Gasteiger partial charge in [-0.1, -0.05) is 6.92 Å². The summed E-state index contributed by atoms with van der Waals surface area (Å²) in [5.41, 5.74) is 6.34. The van der Waals surface area contributed by atoms with Crippen molar-refractivity contribution in [1.29, 1.82) is 0 Å². The van der Waals surface area contributed by atoms with Crippen molar-refractivity contribution in [2.45, 2.75) is 13.3 Å². The molecule has 0 spiro atoms. The second-order valence-electron chi connectivity index (χ2n) is 3.80. The number of benzene rings is 1. The van der Waals surface area contributed by atoms with Gasteiger partial charge in [-0.15, -0.1) is 0 Å². The normalized spacial score (nSPS) is 10.3. The van der Waals surface area contributed by atoms with Crippen LogP contribution in [0.1, 0.15) is 23.0 Å². The highest BCUT2D eigenvalue weighted by atomic mass is 19.1. The standard InChI is InChI=1S/C13H13FN2O2/c1-2-12-9(5-6-18-12)13(17)16-8-3-4-10(14)11(15)7-8/h3-7H,2,15H2,1H3,(H,16,17). The fraction of sp³-hybridized carbons (Fsp3) is 0.154. The first kappa shape index (κ1) is 12.2. The number of anilines is 2. The van der Waals surface area contributed by atoms with E-state index in [1.807, 2.05) is 6.92 Å². The van der Waals surface area contributed by atoms with Gasteiger partial charge in [-0.3, -0.25) is 4.79 Å². The van der Waals surface area contributed by atoms with Gasteiger partial charge in [0.2, 0.25) is 0 Å². The van der Waals surface area contributed by atoms with Crippen LogP contribution in [-0.4, -0.2) is 5.91 Å². The Labute approximate surface area is 104 Å². The van der Waals surface area contributed by atoms with E-state index in [1.165, 1.54) is 24.5 Å². The third kappa shape index (κ3) is 2.34. The summed E-state index contributed by atoms with van der Waals surface area (Å²) in [6.45, 7) is 1.89. The molecule has 4 nitrogen and oxygen atoms in total. The van der Waals surface area contributed by atoms with Gasteiger partial charge >= 0.3 is 0 Å². The SMILES string of the molecule is CCc1occc1C(=O)Nc1ccc(F)c(N)c1. The van der Waals surface area contributed by atoms with Gasteiger partial charge in [-0.2, -0.15) is 0 Å². The summed E-state index contributed by atoms with van der Waals surface area (Å²) in [7, 11) is 0. The fourth-order valence-electron chi connectivity index (χ4n) is 1.64. The van der Waals surface area contributed by atoms with Crippen LogP contribution >= 0.6 is 0 Å². The molecule has 0 aliphatic carbocycles. The smallest absolute Gasteiger partial charge is 0.259 e. The first-order chi connectivity index (χ1) is 8.61. The van der Waals surface area contributed by atoms with Crippen LogP contribution in [0.5, 0.6) is 0 Å². The lowest BCUT2D eigenvalue weighted by molar-refractivity contribution is 0.102. The summed E-state index contributed by atoms with van der Waals surface area (Å²) in [5, 5.41) is 2.64. The van der Waals surface area contributed by atoms with Gasteiger partial charge in [-0.05, 0) is 24.3 Å². The zero-order chi connectivity index (χ0) is 13.1. The summed E-state index contributed by atoms with van der Waals surface area (Å²) in [4.78, 5) is 11.9. The van der Waals surface area contributed by atoms with Gasteiger partial charge in [0, 0.05) is 12.1 Å². The summed E-state index contributed by atoms with van der Waals surface area (Å²) in [6, 6.07) is 5.64. The molecule has 0 bridgehead atoms. The molecule has 0 fully saturated rings. The molecule has 1 aromatic heterocycles. The Morgan fingerprint density at radius 2 is 2.22 bits per heavy atom. The maximum absolute atomic E-state index is 13.0. The van der Waals surface area contributed by atoms with E-state index in [0.717, 1.165) is 0 Å². The van der Waals surface area contributed by atoms with Gasteiger partial charge in [0.25, 0.3) is 5.91 Å². The summed E-state index contributed by atoms with van der Waals surface area (Å²) < 4.78 is 18.1. The van der Waals surface area contributed by atoms with Crippen molar-refractivity contribution in [1.82, 2.24) is 0 Å². The number of nitrogens with one attached hydrogen (secondary N) is 1. The minimum Gasteiger partial charge on any atom is -0.469 e. The van der Waals surface area contributed by atoms with Crippen LogP contribution in [0.15, 0.2) is 34.9 Å². The maximum Gasteiger partial charge on any atom is 0.259 e. The summed E-state index contributed by atoms with van der Waals surface area (Å²) in [5.74, 6) is -0.195. The highest BCUT2D eigenvalue weighted by Gasteiger charge is 2.13. The van der Waals surface area contributed by atoms with E-state index in [4.69, 9.17) is 10.2 Å². The Balaban J connectivity index is 2.19. The van der Waals surface area contributed by atoms with Crippen molar-refractivity contribution in [2.75, 3.05) is 11.1 Å². The molecule has 0 aliphatic heterocycles. The van der Waals surface area contributed by atoms with E-state index >= 15 is 0 Å². The number of rotatable bonds is 3. The van der Waals surface area contributed by atoms with E-state index in [2.05, 4.69) is 5.32 Å². The Bertz CT molecular complexity index is 578. The lowest BCUT2D eigenvalue weighted by atomic mass is 10.2. The quantitative estimate of drug-likeness (QED) is 0.820. The predicted octanol–water partition coefficient (Wildman–Crippen LogP) is 2.82. The molecule has 18 heavy (non-hydrogen) atoms. The van der Waals surface area contributed by atoms with Crippen LogP contribution in [0.2, 0.25) is 0 Å². The van der Waals surface area contributed by atoms with Crippen LogP contribution in [-0.2, 0) is 6.42 Å². The lowest BCUT2D eigenvalue weighted by Gasteiger charge is -2.06. The average Bonchev–Trinajstić information content (AvgIpc) is 2.82. The first-order valence-corrected chi connectivity index (χ1v) is 5.54.